The number of aliphatic hydroxyl groups excluding tert-OH is 1. The summed E-state index contributed by atoms with van der Waals surface area (Å²) in [4.78, 5) is 25.2. The predicted octanol–water partition coefficient (Wildman–Crippen LogP) is 3.20. The summed E-state index contributed by atoms with van der Waals surface area (Å²) < 4.78 is 15.2. The number of allylic oxidation sites excluding steroid dienone is 1. The average molecular weight is 417 g/mol. The van der Waals surface area contributed by atoms with Crippen molar-refractivity contribution in [3.05, 3.63) is 107 Å². The molecule has 0 amide bonds. The lowest BCUT2D eigenvalue weighted by Crippen LogP contribution is -2.10. The van der Waals surface area contributed by atoms with Crippen molar-refractivity contribution in [2.45, 2.75) is 6.54 Å². The topological polar surface area (TPSA) is 114 Å². The van der Waals surface area contributed by atoms with Crippen LogP contribution in [0.5, 0.6) is 0 Å². The molecule has 9 heteroatoms. The van der Waals surface area contributed by atoms with Crippen LogP contribution in [-0.4, -0.2) is 41.9 Å². The molecule has 2 aromatic carbocycles. The molecule has 0 atom stereocenters. The zero-order chi connectivity index (χ0) is 21.8. The Morgan fingerprint density at radius 1 is 1.06 bits per heavy atom. The number of nitrogens with one attached hydrogen (secondary N) is 1. The lowest BCUT2D eigenvalue weighted by atomic mass is 10.1. The van der Waals surface area contributed by atoms with E-state index in [1.54, 1.807) is 47.0 Å². The number of carbonyl (C=O) groups excluding carboxylic acids is 2. The van der Waals surface area contributed by atoms with Crippen LogP contribution in [0.2, 0.25) is 0 Å². The van der Waals surface area contributed by atoms with Crippen LogP contribution in [0.4, 0.5) is 4.39 Å². The number of ketones is 2. The van der Waals surface area contributed by atoms with Gasteiger partial charge in [0.25, 0.3) is 0 Å². The maximum Gasteiger partial charge on any atom is 0.244 e. The summed E-state index contributed by atoms with van der Waals surface area (Å²) in [6, 6.07) is 16.1. The van der Waals surface area contributed by atoms with Gasteiger partial charge in [-0.15, -0.1) is 10.2 Å². The first kappa shape index (κ1) is 19.9. The van der Waals surface area contributed by atoms with E-state index >= 15 is 0 Å². The van der Waals surface area contributed by atoms with E-state index in [1.807, 2.05) is 0 Å². The number of carbonyl (C=O) groups is 2. The molecule has 2 heterocycles. The van der Waals surface area contributed by atoms with Gasteiger partial charge in [0.2, 0.25) is 17.4 Å². The van der Waals surface area contributed by atoms with E-state index in [0.717, 1.165) is 6.08 Å². The van der Waals surface area contributed by atoms with Crippen LogP contribution in [0.3, 0.4) is 0 Å². The van der Waals surface area contributed by atoms with Gasteiger partial charge in [-0.2, -0.15) is 5.21 Å². The van der Waals surface area contributed by atoms with Crippen molar-refractivity contribution in [3.63, 3.8) is 0 Å². The Balaban J connectivity index is 1.72. The van der Waals surface area contributed by atoms with Gasteiger partial charge in [-0.1, -0.05) is 42.5 Å². The number of benzene rings is 2. The Labute approximate surface area is 175 Å². The number of hydrogen-bond acceptors (Lipinski definition) is 6. The molecule has 0 unspecified atom stereocenters. The molecule has 0 aliphatic carbocycles. The van der Waals surface area contributed by atoms with Crippen LogP contribution in [0, 0.1) is 5.82 Å². The number of halogens is 1. The monoisotopic (exact) mass is 417 g/mol. The number of nitrogens with zero attached hydrogens (tertiary/aromatic N) is 4. The summed E-state index contributed by atoms with van der Waals surface area (Å²) in [5.74, 6) is -1.89. The molecule has 0 saturated carbocycles. The van der Waals surface area contributed by atoms with Gasteiger partial charge in [-0.3, -0.25) is 9.59 Å². The number of aliphatic hydroxyl groups is 1. The van der Waals surface area contributed by atoms with Crippen LogP contribution >= 0.6 is 0 Å². The normalized spacial score (nSPS) is 11.5. The third-order valence-electron chi connectivity index (χ3n) is 4.54. The largest absolute Gasteiger partial charge is 0.507 e. The summed E-state index contributed by atoms with van der Waals surface area (Å²) in [6.45, 7) is 0.192. The summed E-state index contributed by atoms with van der Waals surface area (Å²) in [5.41, 5.74) is 1.61. The fourth-order valence-corrected chi connectivity index (χ4v) is 3.08. The Hall–Kier alpha value is -4.40. The first-order valence-corrected chi connectivity index (χ1v) is 9.24. The summed E-state index contributed by atoms with van der Waals surface area (Å²) >= 11 is 0. The quantitative estimate of drug-likeness (QED) is 0.271. The molecule has 154 valence electrons. The van der Waals surface area contributed by atoms with Crippen LogP contribution in [0.15, 0.2) is 72.9 Å². The molecular weight excluding hydrogens is 401 g/mol. The molecule has 4 aromatic rings. The van der Waals surface area contributed by atoms with Crippen molar-refractivity contribution >= 4 is 17.3 Å². The molecule has 2 aromatic heterocycles. The van der Waals surface area contributed by atoms with E-state index in [2.05, 4.69) is 20.6 Å². The maximum atomic E-state index is 13.6. The van der Waals surface area contributed by atoms with Crippen molar-refractivity contribution < 1.29 is 19.1 Å². The second-order valence-corrected chi connectivity index (χ2v) is 6.70. The van der Waals surface area contributed by atoms with E-state index in [0.29, 0.717) is 11.1 Å². The van der Waals surface area contributed by atoms with Crippen LogP contribution in [-0.2, 0) is 6.54 Å². The maximum absolute atomic E-state index is 13.6. The summed E-state index contributed by atoms with van der Waals surface area (Å²) in [7, 11) is 0. The highest BCUT2D eigenvalue weighted by atomic mass is 19.1. The van der Waals surface area contributed by atoms with Gasteiger partial charge in [0.15, 0.2) is 0 Å². The number of aromatic nitrogens is 5. The van der Waals surface area contributed by atoms with E-state index < -0.39 is 11.6 Å². The van der Waals surface area contributed by atoms with E-state index in [4.69, 9.17) is 0 Å². The van der Waals surface area contributed by atoms with Gasteiger partial charge < -0.3 is 9.67 Å². The smallest absolute Gasteiger partial charge is 0.244 e. The van der Waals surface area contributed by atoms with Crippen molar-refractivity contribution in [1.29, 1.82) is 0 Å². The Morgan fingerprint density at radius 3 is 2.58 bits per heavy atom. The number of tetrazole rings is 1. The molecule has 4 rings (SSSR count). The molecule has 0 bridgehead atoms. The zero-order valence-corrected chi connectivity index (χ0v) is 16.1. The van der Waals surface area contributed by atoms with Crippen molar-refractivity contribution in [1.82, 2.24) is 25.2 Å². The number of H-pyrrole nitrogens is 1. The lowest BCUT2D eigenvalue weighted by Gasteiger charge is -2.09. The van der Waals surface area contributed by atoms with Crippen LogP contribution in [0.25, 0.3) is 5.76 Å². The standard InChI is InChI=1S/C22H16FN5O3/c23-17-8-4-5-14(9-17)12-28-13-16(19(29)11-20(30)22-24-26-27-25-22)10-18(28)21(31)15-6-2-1-3-7-15/h1-11,13,29H,12H2,(H,24,25,26,27). The molecule has 0 radical (unpaired) electrons. The Morgan fingerprint density at radius 2 is 1.87 bits per heavy atom. The molecule has 8 nitrogen and oxygen atoms in total. The zero-order valence-electron chi connectivity index (χ0n) is 16.1. The lowest BCUT2D eigenvalue weighted by molar-refractivity contribution is 0.102. The molecule has 0 fully saturated rings. The fraction of sp³-hybridized carbons (Fsp3) is 0.0455. The van der Waals surface area contributed by atoms with Crippen molar-refractivity contribution in [3.8, 4) is 0 Å². The van der Waals surface area contributed by atoms with E-state index in [1.165, 1.54) is 24.4 Å². The van der Waals surface area contributed by atoms with Crippen molar-refractivity contribution in [2.24, 2.45) is 0 Å². The second-order valence-electron chi connectivity index (χ2n) is 6.70. The molecule has 0 aliphatic heterocycles. The number of aromatic amines is 1. The van der Waals surface area contributed by atoms with Gasteiger partial charge in [-0.05, 0) is 29.0 Å². The van der Waals surface area contributed by atoms with Gasteiger partial charge in [0, 0.05) is 29.9 Å². The SMILES string of the molecule is O=C(C=C(O)c1cc(C(=O)c2ccccc2)n(Cc2cccc(F)c2)c1)c1nn[nH]n1. The molecule has 0 aliphatic rings. The predicted molar refractivity (Wildman–Crippen MR) is 109 cm³/mol. The third kappa shape index (κ3) is 4.45. The van der Waals surface area contributed by atoms with Crippen LogP contribution in [0.1, 0.15) is 37.8 Å². The first-order valence-electron chi connectivity index (χ1n) is 9.24. The Bertz CT molecular complexity index is 1260. The highest BCUT2D eigenvalue weighted by Crippen LogP contribution is 2.21. The molecule has 31 heavy (non-hydrogen) atoms. The van der Waals surface area contributed by atoms with E-state index in [9.17, 15) is 19.1 Å². The average Bonchev–Trinajstić information content (AvgIpc) is 3.44. The fourth-order valence-electron chi connectivity index (χ4n) is 3.08. The summed E-state index contributed by atoms with van der Waals surface area (Å²) in [5, 5.41) is 23.1. The minimum atomic E-state index is -0.653. The van der Waals surface area contributed by atoms with Crippen LogP contribution < -0.4 is 0 Å². The van der Waals surface area contributed by atoms with Gasteiger partial charge in [0.1, 0.15) is 11.6 Å². The molecular formula is C22H16FN5O3. The highest BCUT2D eigenvalue weighted by Gasteiger charge is 2.19. The Kier molecular flexibility index (Phi) is 5.48. The molecule has 2 N–H and O–H groups in total. The van der Waals surface area contributed by atoms with E-state index in [-0.39, 0.29) is 35.2 Å². The first-order chi connectivity index (χ1) is 15.0. The summed E-state index contributed by atoms with van der Waals surface area (Å²) in [6.07, 6.45) is 2.47. The van der Waals surface area contributed by atoms with Gasteiger partial charge >= 0.3 is 0 Å². The number of rotatable bonds is 7. The highest BCUT2D eigenvalue weighted by molar-refractivity contribution is 6.09. The second kappa shape index (κ2) is 8.54. The molecule has 0 saturated heterocycles. The third-order valence-corrected chi connectivity index (χ3v) is 4.54. The van der Waals surface area contributed by atoms with Gasteiger partial charge in [0.05, 0.1) is 5.69 Å². The van der Waals surface area contributed by atoms with Gasteiger partial charge in [-0.25, -0.2) is 4.39 Å². The number of hydrogen-bond donors (Lipinski definition) is 2. The minimum absolute atomic E-state index is 0.192. The van der Waals surface area contributed by atoms with Crippen molar-refractivity contribution in [2.75, 3.05) is 0 Å². The molecule has 0 spiro atoms. The minimum Gasteiger partial charge on any atom is -0.507 e.